The van der Waals surface area contributed by atoms with Crippen LogP contribution >= 0.6 is 0 Å². The lowest BCUT2D eigenvalue weighted by atomic mass is 9.99. The monoisotopic (exact) mass is 398 g/mol. The number of fused-ring (bicyclic) bond motifs is 1. The molecule has 0 spiro atoms. The number of amides is 1. The first-order chi connectivity index (χ1) is 13.9. The van der Waals surface area contributed by atoms with Gasteiger partial charge in [0, 0.05) is 23.7 Å². The van der Waals surface area contributed by atoms with Crippen LogP contribution in [-0.2, 0) is 16.0 Å². The van der Waals surface area contributed by atoms with Crippen molar-refractivity contribution in [3.05, 3.63) is 63.2 Å². The first-order valence-corrected chi connectivity index (χ1v) is 8.93. The molecule has 1 aliphatic heterocycles. The van der Waals surface area contributed by atoms with Crippen molar-refractivity contribution in [2.24, 2.45) is 0 Å². The van der Waals surface area contributed by atoms with Crippen molar-refractivity contribution in [3.63, 3.8) is 0 Å². The van der Waals surface area contributed by atoms with E-state index in [9.17, 15) is 24.5 Å². The maximum atomic E-state index is 12.4. The molecule has 0 bridgehead atoms. The number of benzene rings is 2. The summed E-state index contributed by atoms with van der Waals surface area (Å²) < 4.78 is 10.2. The lowest BCUT2D eigenvalue weighted by Gasteiger charge is -2.17. The molecule has 9 nitrogen and oxygen atoms in total. The third kappa shape index (κ3) is 4.57. The molecule has 0 fully saturated rings. The molecule has 1 aliphatic rings. The Bertz CT molecular complexity index is 1000. The molecule has 29 heavy (non-hydrogen) atoms. The van der Waals surface area contributed by atoms with Crippen LogP contribution in [0.4, 0.5) is 11.4 Å². The van der Waals surface area contributed by atoms with Crippen LogP contribution in [-0.4, -0.2) is 35.8 Å². The van der Waals surface area contributed by atoms with Gasteiger partial charge in [0.05, 0.1) is 17.1 Å². The van der Waals surface area contributed by atoms with Gasteiger partial charge < -0.3 is 14.8 Å². The van der Waals surface area contributed by atoms with Crippen LogP contribution in [0.5, 0.6) is 5.75 Å². The average molecular weight is 398 g/mol. The van der Waals surface area contributed by atoms with Crippen LogP contribution < -0.4 is 10.1 Å². The Morgan fingerprint density at radius 1 is 1.14 bits per heavy atom. The second kappa shape index (κ2) is 8.51. The molecule has 1 N–H and O–H groups in total. The van der Waals surface area contributed by atoms with Gasteiger partial charge in [-0.1, -0.05) is 0 Å². The van der Waals surface area contributed by atoms with Crippen LogP contribution in [0.1, 0.15) is 39.6 Å². The topological polar surface area (TPSA) is 125 Å². The Balaban J connectivity index is 1.67. The van der Waals surface area contributed by atoms with Crippen molar-refractivity contribution < 1.29 is 28.8 Å². The quantitative estimate of drug-likeness (QED) is 0.329. The molecule has 1 heterocycles. The minimum absolute atomic E-state index is 0.0475. The van der Waals surface area contributed by atoms with Gasteiger partial charge in [-0.2, -0.15) is 0 Å². The Hall–Kier alpha value is -3.75. The molecule has 0 aromatic heterocycles. The SMILES string of the molecule is CCOc1ccc(C(=O)OCC(=O)c2ccc3c(c2)CCC(=O)N3)cc1[N+](=O)[O-]. The highest BCUT2D eigenvalue weighted by molar-refractivity contribution is 6.01. The van der Waals surface area contributed by atoms with Crippen molar-refractivity contribution in [3.8, 4) is 5.75 Å². The number of hydrogen-bond donors (Lipinski definition) is 1. The van der Waals surface area contributed by atoms with E-state index in [4.69, 9.17) is 9.47 Å². The summed E-state index contributed by atoms with van der Waals surface area (Å²) in [5.41, 5.74) is 1.44. The molecule has 3 rings (SSSR count). The number of carbonyl (C=O) groups excluding carboxylic acids is 3. The number of Topliss-reactive ketones (excluding diaryl/α,β-unsaturated/α-hetero) is 1. The minimum atomic E-state index is -0.852. The molecule has 0 radical (unpaired) electrons. The predicted molar refractivity (Wildman–Crippen MR) is 102 cm³/mol. The molecule has 1 amide bonds. The number of ether oxygens (including phenoxy) is 2. The highest BCUT2D eigenvalue weighted by Gasteiger charge is 2.21. The number of nitrogens with zero attached hydrogens (tertiary/aromatic N) is 1. The van der Waals surface area contributed by atoms with Crippen LogP contribution in [0, 0.1) is 10.1 Å². The molecular formula is C20H18N2O7. The number of nitrogens with one attached hydrogen (secondary N) is 1. The number of ketones is 1. The summed E-state index contributed by atoms with van der Waals surface area (Å²) in [6.07, 6.45) is 0.869. The third-order valence-electron chi connectivity index (χ3n) is 4.35. The zero-order chi connectivity index (χ0) is 21.0. The summed E-state index contributed by atoms with van der Waals surface area (Å²) >= 11 is 0. The Morgan fingerprint density at radius 3 is 2.62 bits per heavy atom. The molecule has 0 saturated carbocycles. The zero-order valence-electron chi connectivity index (χ0n) is 15.6. The van der Waals surface area contributed by atoms with Gasteiger partial charge >= 0.3 is 11.7 Å². The van der Waals surface area contributed by atoms with E-state index in [1.54, 1.807) is 25.1 Å². The number of carbonyl (C=O) groups is 3. The fourth-order valence-electron chi connectivity index (χ4n) is 2.92. The standard InChI is InChI=1S/C20H18N2O7/c1-2-28-18-7-4-14(10-16(18)22(26)27)20(25)29-11-17(23)13-3-6-15-12(9-13)5-8-19(24)21-15/h3-4,6-7,9-10H,2,5,8,11H2,1H3,(H,21,24). The van der Waals surface area contributed by atoms with Gasteiger partial charge in [-0.15, -0.1) is 0 Å². The zero-order valence-corrected chi connectivity index (χ0v) is 15.6. The van der Waals surface area contributed by atoms with Crippen molar-refractivity contribution >= 4 is 29.0 Å². The van der Waals surface area contributed by atoms with Gasteiger partial charge in [-0.25, -0.2) is 4.79 Å². The van der Waals surface area contributed by atoms with Crippen molar-refractivity contribution in [1.29, 1.82) is 0 Å². The summed E-state index contributed by atoms with van der Waals surface area (Å²) in [6, 6.07) is 8.55. The van der Waals surface area contributed by atoms with Gasteiger partial charge in [-0.3, -0.25) is 19.7 Å². The Morgan fingerprint density at radius 2 is 1.90 bits per heavy atom. The number of nitro groups is 1. The molecule has 2 aromatic carbocycles. The van der Waals surface area contributed by atoms with Gasteiger partial charge in [-0.05, 0) is 49.2 Å². The molecule has 0 unspecified atom stereocenters. The van der Waals surface area contributed by atoms with E-state index in [0.29, 0.717) is 24.1 Å². The first-order valence-electron chi connectivity index (χ1n) is 8.93. The number of aryl methyl sites for hydroxylation is 1. The van der Waals surface area contributed by atoms with E-state index in [1.165, 1.54) is 12.1 Å². The van der Waals surface area contributed by atoms with E-state index in [-0.39, 0.29) is 29.5 Å². The van der Waals surface area contributed by atoms with E-state index >= 15 is 0 Å². The minimum Gasteiger partial charge on any atom is -0.487 e. The summed E-state index contributed by atoms with van der Waals surface area (Å²) in [5, 5.41) is 13.9. The second-order valence-corrected chi connectivity index (χ2v) is 6.29. The summed E-state index contributed by atoms with van der Waals surface area (Å²) in [5.74, 6) is -1.30. The highest BCUT2D eigenvalue weighted by Crippen LogP contribution is 2.28. The predicted octanol–water partition coefficient (Wildman–Crippen LogP) is 2.92. The van der Waals surface area contributed by atoms with Crippen LogP contribution in [0.2, 0.25) is 0 Å². The van der Waals surface area contributed by atoms with Crippen LogP contribution in [0.25, 0.3) is 0 Å². The van der Waals surface area contributed by atoms with E-state index in [2.05, 4.69) is 5.32 Å². The molecule has 0 saturated heterocycles. The van der Waals surface area contributed by atoms with Gasteiger partial charge in [0.1, 0.15) is 0 Å². The fourth-order valence-corrected chi connectivity index (χ4v) is 2.92. The fraction of sp³-hybridized carbons (Fsp3) is 0.250. The Labute approximate surface area is 165 Å². The summed E-state index contributed by atoms with van der Waals surface area (Å²) in [6.45, 7) is 1.42. The molecule has 0 atom stereocenters. The lowest BCUT2D eigenvalue weighted by Crippen LogP contribution is -2.20. The summed E-state index contributed by atoms with van der Waals surface area (Å²) in [7, 11) is 0. The maximum Gasteiger partial charge on any atom is 0.338 e. The second-order valence-electron chi connectivity index (χ2n) is 6.29. The smallest absolute Gasteiger partial charge is 0.338 e. The van der Waals surface area contributed by atoms with Crippen LogP contribution in [0.15, 0.2) is 36.4 Å². The molecule has 2 aromatic rings. The summed E-state index contributed by atoms with van der Waals surface area (Å²) in [4.78, 5) is 46.5. The molecule has 150 valence electrons. The maximum absolute atomic E-state index is 12.4. The largest absolute Gasteiger partial charge is 0.487 e. The molecule has 9 heteroatoms. The van der Waals surface area contributed by atoms with E-state index in [1.807, 2.05) is 0 Å². The number of nitro benzene ring substituents is 1. The highest BCUT2D eigenvalue weighted by atomic mass is 16.6. The van der Waals surface area contributed by atoms with Gasteiger partial charge in [0.25, 0.3) is 0 Å². The van der Waals surface area contributed by atoms with Crippen LogP contribution in [0.3, 0.4) is 0 Å². The number of hydrogen-bond acceptors (Lipinski definition) is 7. The first kappa shape index (κ1) is 20.0. The normalized spacial score (nSPS) is 12.5. The Kier molecular flexibility index (Phi) is 5.87. The van der Waals surface area contributed by atoms with Gasteiger partial charge in [0.2, 0.25) is 5.91 Å². The third-order valence-corrected chi connectivity index (χ3v) is 4.35. The molecule has 0 aliphatic carbocycles. The van der Waals surface area contributed by atoms with Crippen molar-refractivity contribution in [2.45, 2.75) is 19.8 Å². The number of anilines is 1. The van der Waals surface area contributed by atoms with Gasteiger partial charge in [0.15, 0.2) is 18.1 Å². The van der Waals surface area contributed by atoms with Crippen molar-refractivity contribution in [1.82, 2.24) is 0 Å². The number of rotatable bonds is 7. The van der Waals surface area contributed by atoms with E-state index in [0.717, 1.165) is 11.6 Å². The number of esters is 1. The van der Waals surface area contributed by atoms with E-state index < -0.39 is 23.3 Å². The lowest BCUT2D eigenvalue weighted by molar-refractivity contribution is -0.385. The van der Waals surface area contributed by atoms with Crippen molar-refractivity contribution in [2.75, 3.05) is 18.5 Å². The average Bonchev–Trinajstić information content (AvgIpc) is 2.71. The molecular weight excluding hydrogens is 380 g/mol.